The standard InChI is InChI=1S/C24H22FN5O/c25-19-7-9-20(10-8-19)28-13-4-14-29(16-15-28)24(31)21-17-27-30-22(11-12-26-23(21)30)18-5-2-1-3-6-18/h1-3,5-12,17H,4,13-16H2. The molecule has 1 fully saturated rings. The van der Waals surface area contributed by atoms with Gasteiger partial charge in [-0.25, -0.2) is 13.9 Å². The third kappa shape index (κ3) is 3.74. The molecule has 4 aromatic rings. The van der Waals surface area contributed by atoms with E-state index >= 15 is 0 Å². The van der Waals surface area contributed by atoms with Crippen molar-refractivity contribution >= 4 is 17.2 Å². The molecule has 0 radical (unpaired) electrons. The molecule has 0 unspecified atom stereocenters. The van der Waals surface area contributed by atoms with Crippen LogP contribution in [0.15, 0.2) is 73.1 Å². The molecule has 5 rings (SSSR count). The maximum absolute atomic E-state index is 13.3. The Hall–Kier alpha value is -3.74. The molecule has 1 amide bonds. The first-order valence-electron chi connectivity index (χ1n) is 10.4. The Morgan fingerprint density at radius 2 is 1.71 bits per heavy atom. The molecule has 156 valence electrons. The minimum Gasteiger partial charge on any atom is -0.370 e. The van der Waals surface area contributed by atoms with Crippen LogP contribution in [0.4, 0.5) is 10.1 Å². The average molecular weight is 415 g/mol. The highest BCUT2D eigenvalue weighted by molar-refractivity contribution is 6.00. The number of aromatic nitrogens is 3. The molecule has 1 aliphatic rings. The molecule has 31 heavy (non-hydrogen) atoms. The van der Waals surface area contributed by atoms with E-state index in [-0.39, 0.29) is 11.7 Å². The number of fused-ring (bicyclic) bond motifs is 1. The molecule has 6 nitrogen and oxygen atoms in total. The summed E-state index contributed by atoms with van der Waals surface area (Å²) in [4.78, 5) is 21.8. The number of nitrogens with zero attached hydrogens (tertiary/aromatic N) is 5. The molecular formula is C24H22FN5O. The van der Waals surface area contributed by atoms with Crippen molar-refractivity contribution in [2.45, 2.75) is 6.42 Å². The Balaban J connectivity index is 1.38. The van der Waals surface area contributed by atoms with Gasteiger partial charge in [-0.15, -0.1) is 0 Å². The fourth-order valence-corrected chi connectivity index (χ4v) is 4.07. The number of anilines is 1. The van der Waals surface area contributed by atoms with Gasteiger partial charge in [-0.3, -0.25) is 4.79 Å². The van der Waals surface area contributed by atoms with E-state index in [0.29, 0.717) is 30.8 Å². The highest BCUT2D eigenvalue weighted by Crippen LogP contribution is 2.22. The van der Waals surface area contributed by atoms with Crippen molar-refractivity contribution in [1.29, 1.82) is 0 Å². The molecule has 2 aromatic carbocycles. The molecule has 2 aromatic heterocycles. The largest absolute Gasteiger partial charge is 0.370 e. The zero-order valence-electron chi connectivity index (χ0n) is 17.0. The van der Waals surface area contributed by atoms with Gasteiger partial charge in [-0.1, -0.05) is 30.3 Å². The molecule has 0 atom stereocenters. The van der Waals surface area contributed by atoms with Gasteiger partial charge in [-0.2, -0.15) is 5.10 Å². The van der Waals surface area contributed by atoms with Crippen molar-refractivity contribution < 1.29 is 9.18 Å². The van der Waals surface area contributed by atoms with Gasteiger partial charge in [-0.05, 0) is 36.8 Å². The summed E-state index contributed by atoms with van der Waals surface area (Å²) in [5, 5.41) is 4.47. The predicted molar refractivity (Wildman–Crippen MR) is 118 cm³/mol. The summed E-state index contributed by atoms with van der Waals surface area (Å²) in [5.74, 6) is -0.306. The maximum Gasteiger partial charge on any atom is 0.259 e. The van der Waals surface area contributed by atoms with Crippen LogP contribution in [0.3, 0.4) is 0 Å². The Bertz CT molecular complexity index is 1210. The summed E-state index contributed by atoms with van der Waals surface area (Å²) in [5.41, 5.74) is 3.95. The Kier molecular flexibility index (Phi) is 5.08. The lowest BCUT2D eigenvalue weighted by Gasteiger charge is -2.23. The fraction of sp³-hybridized carbons (Fsp3) is 0.208. The van der Waals surface area contributed by atoms with Crippen LogP contribution >= 0.6 is 0 Å². The second kappa shape index (κ2) is 8.18. The number of hydrogen-bond acceptors (Lipinski definition) is 4. The van der Waals surface area contributed by atoms with Gasteiger partial charge in [0.1, 0.15) is 11.4 Å². The monoisotopic (exact) mass is 415 g/mol. The number of carbonyl (C=O) groups is 1. The summed E-state index contributed by atoms with van der Waals surface area (Å²) >= 11 is 0. The smallest absolute Gasteiger partial charge is 0.259 e. The highest BCUT2D eigenvalue weighted by atomic mass is 19.1. The van der Waals surface area contributed by atoms with Crippen molar-refractivity contribution in [2.24, 2.45) is 0 Å². The molecule has 7 heteroatoms. The van der Waals surface area contributed by atoms with E-state index in [2.05, 4.69) is 15.0 Å². The van der Waals surface area contributed by atoms with Crippen LogP contribution in [-0.4, -0.2) is 51.6 Å². The van der Waals surface area contributed by atoms with Gasteiger partial charge in [0.15, 0.2) is 5.65 Å². The lowest BCUT2D eigenvalue weighted by molar-refractivity contribution is 0.0768. The first kappa shape index (κ1) is 19.2. The van der Waals surface area contributed by atoms with Gasteiger partial charge >= 0.3 is 0 Å². The van der Waals surface area contributed by atoms with E-state index in [1.54, 1.807) is 29.0 Å². The van der Waals surface area contributed by atoms with Crippen molar-refractivity contribution in [3.05, 3.63) is 84.4 Å². The molecule has 3 heterocycles. The van der Waals surface area contributed by atoms with Crippen LogP contribution in [0.5, 0.6) is 0 Å². The van der Waals surface area contributed by atoms with Gasteiger partial charge in [0.2, 0.25) is 0 Å². The number of rotatable bonds is 3. The topological polar surface area (TPSA) is 53.7 Å². The molecule has 0 aliphatic carbocycles. The Morgan fingerprint density at radius 3 is 2.52 bits per heavy atom. The second-order valence-electron chi connectivity index (χ2n) is 7.60. The minimum atomic E-state index is -0.245. The molecule has 1 aliphatic heterocycles. The lowest BCUT2D eigenvalue weighted by Crippen LogP contribution is -2.35. The number of hydrogen-bond donors (Lipinski definition) is 0. The zero-order chi connectivity index (χ0) is 21.2. The van der Waals surface area contributed by atoms with Crippen molar-refractivity contribution in [3.63, 3.8) is 0 Å². The van der Waals surface area contributed by atoms with Gasteiger partial charge in [0, 0.05) is 43.6 Å². The fourth-order valence-electron chi connectivity index (χ4n) is 4.07. The molecule has 0 N–H and O–H groups in total. The van der Waals surface area contributed by atoms with Crippen LogP contribution in [0.25, 0.3) is 16.9 Å². The summed E-state index contributed by atoms with van der Waals surface area (Å²) in [6, 6.07) is 18.3. The number of benzene rings is 2. The number of amides is 1. The second-order valence-corrected chi connectivity index (χ2v) is 7.60. The van der Waals surface area contributed by atoms with Crippen molar-refractivity contribution in [2.75, 3.05) is 31.1 Å². The molecular weight excluding hydrogens is 393 g/mol. The summed E-state index contributed by atoms with van der Waals surface area (Å²) < 4.78 is 15.0. The normalized spacial score (nSPS) is 14.6. The third-order valence-corrected chi connectivity index (χ3v) is 5.68. The average Bonchev–Trinajstić information content (AvgIpc) is 3.09. The van der Waals surface area contributed by atoms with Gasteiger partial charge < -0.3 is 9.80 Å². The van der Waals surface area contributed by atoms with Crippen molar-refractivity contribution in [1.82, 2.24) is 19.5 Å². The SMILES string of the molecule is O=C(c1cnn2c(-c3ccccc3)ccnc12)N1CCCN(c2ccc(F)cc2)CC1. The van der Waals surface area contributed by atoms with E-state index in [9.17, 15) is 9.18 Å². The van der Waals surface area contributed by atoms with Crippen LogP contribution in [-0.2, 0) is 0 Å². The van der Waals surface area contributed by atoms with Crippen molar-refractivity contribution in [3.8, 4) is 11.3 Å². The third-order valence-electron chi connectivity index (χ3n) is 5.68. The van der Waals surface area contributed by atoms with Crippen LogP contribution in [0, 0.1) is 5.82 Å². The number of halogens is 1. The van der Waals surface area contributed by atoms with Gasteiger partial charge in [0.05, 0.1) is 11.9 Å². The van der Waals surface area contributed by atoms with Crippen LogP contribution in [0.1, 0.15) is 16.8 Å². The van der Waals surface area contributed by atoms with E-state index < -0.39 is 0 Å². The maximum atomic E-state index is 13.3. The van der Waals surface area contributed by atoms with E-state index in [0.717, 1.165) is 29.9 Å². The molecule has 0 bridgehead atoms. The quantitative estimate of drug-likeness (QED) is 0.510. The predicted octanol–water partition coefficient (Wildman–Crippen LogP) is 3.89. The molecule has 1 saturated heterocycles. The lowest BCUT2D eigenvalue weighted by atomic mass is 10.1. The van der Waals surface area contributed by atoms with E-state index in [4.69, 9.17) is 0 Å². The Labute approximate surface area is 179 Å². The molecule has 0 saturated carbocycles. The first-order chi connectivity index (χ1) is 15.2. The van der Waals surface area contributed by atoms with E-state index in [1.807, 2.05) is 41.3 Å². The van der Waals surface area contributed by atoms with Crippen LogP contribution < -0.4 is 4.90 Å². The first-order valence-corrected chi connectivity index (χ1v) is 10.4. The number of carbonyl (C=O) groups excluding carboxylic acids is 1. The minimum absolute atomic E-state index is 0.0614. The Morgan fingerprint density at radius 1 is 0.903 bits per heavy atom. The highest BCUT2D eigenvalue weighted by Gasteiger charge is 2.24. The zero-order valence-corrected chi connectivity index (χ0v) is 17.0. The summed E-state index contributed by atoms with van der Waals surface area (Å²) in [7, 11) is 0. The van der Waals surface area contributed by atoms with Crippen LogP contribution in [0.2, 0.25) is 0 Å². The van der Waals surface area contributed by atoms with E-state index in [1.165, 1.54) is 12.1 Å². The summed E-state index contributed by atoms with van der Waals surface area (Å²) in [6.45, 7) is 2.76. The van der Waals surface area contributed by atoms with Gasteiger partial charge in [0.25, 0.3) is 5.91 Å². The summed E-state index contributed by atoms with van der Waals surface area (Å²) in [6.07, 6.45) is 4.17. The molecule has 0 spiro atoms.